The Morgan fingerprint density at radius 3 is 2.13 bits per heavy atom. The molecule has 0 saturated carbocycles. The van der Waals surface area contributed by atoms with E-state index in [1.165, 1.54) is 26.4 Å². The van der Waals surface area contributed by atoms with Crippen LogP contribution in [0, 0.1) is 16.2 Å². The first-order valence-corrected chi connectivity index (χ1v) is 16.0. The van der Waals surface area contributed by atoms with Crippen LogP contribution in [0.5, 0.6) is 0 Å². The number of nitrogens with zero attached hydrogens (tertiary/aromatic N) is 1. The molecule has 2 heterocycles. The van der Waals surface area contributed by atoms with Crippen LogP contribution in [0.4, 0.5) is 5.69 Å². The molecule has 0 spiro atoms. The van der Waals surface area contributed by atoms with Gasteiger partial charge in [0.2, 0.25) is 5.91 Å². The zero-order chi connectivity index (χ0) is 34.3. The molecule has 0 bridgehead atoms. The van der Waals surface area contributed by atoms with Crippen molar-refractivity contribution in [3.8, 4) is 0 Å². The third-order valence-corrected chi connectivity index (χ3v) is 9.32. The highest BCUT2D eigenvalue weighted by Crippen LogP contribution is 2.45. The van der Waals surface area contributed by atoms with Crippen LogP contribution in [-0.4, -0.2) is 74.4 Å². The van der Waals surface area contributed by atoms with E-state index in [0.29, 0.717) is 23.2 Å². The summed E-state index contributed by atoms with van der Waals surface area (Å²) < 4.78 is 20.7. The summed E-state index contributed by atoms with van der Waals surface area (Å²) in [6.07, 6.45) is 3.93. The molecule has 2 aliphatic heterocycles. The number of fused-ring (bicyclic) bond motifs is 1. The topological polar surface area (TPSA) is 138 Å². The Kier molecular flexibility index (Phi) is 11.9. The van der Waals surface area contributed by atoms with Gasteiger partial charge in [0.15, 0.2) is 0 Å². The third kappa shape index (κ3) is 8.60. The van der Waals surface area contributed by atoms with E-state index in [0.717, 1.165) is 23.0 Å². The van der Waals surface area contributed by atoms with Crippen molar-refractivity contribution >= 4 is 47.2 Å². The van der Waals surface area contributed by atoms with E-state index in [-0.39, 0.29) is 26.1 Å². The molecule has 2 unspecified atom stereocenters. The number of hydrogen-bond acceptors (Lipinski definition) is 11. The number of nitrogens with one attached hydrogen (secondary N) is 1. The Morgan fingerprint density at radius 1 is 0.870 bits per heavy atom. The second-order valence-corrected chi connectivity index (χ2v) is 13.7. The molecule has 1 aromatic carbocycles. The van der Waals surface area contributed by atoms with Crippen LogP contribution in [0.25, 0.3) is 0 Å². The van der Waals surface area contributed by atoms with Gasteiger partial charge in [0, 0.05) is 29.1 Å². The van der Waals surface area contributed by atoms with E-state index in [2.05, 4.69) is 11.9 Å². The summed E-state index contributed by atoms with van der Waals surface area (Å²) in [5.41, 5.74) is -1.60. The fourth-order valence-electron chi connectivity index (χ4n) is 5.74. The van der Waals surface area contributed by atoms with Crippen LogP contribution in [-0.2, 0) is 38.1 Å². The first-order valence-electron chi connectivity index (χ1n) is 15.0. The molecule has 12 heteroatoms. The quantitative estimate of drug-likeness (QED) is 0.160. The number of amides is 1. The first kappa shape index (κ1) is 36.4. The van der Waals surface area contributed by atoms with Gasteiger partial charge in [-0.15, -0.1) is 11.8 Å². The van der Waals surface area contributed by atoms with E-state index in [4.69, 9.17) is 18.9 Å². The smallest absolute Gasteiger partial charge is 0.338 e. The normalized spacial score (nSPS) is 16.9. The number of methoxy groups -OCH3 is 2. The monoisotopic (exact) mass is 656 g/mol. The molecule has 46 heavy (non-hydrogen) atoms. The van der Waals surface area contributed by atoms with E-state index >= 15 is 0 Å². The molecule has 11 nitrogen and oxygen atoms in total. The van der Waals surface area contributed by atoms with Gasteiger partial charge >= 0.3 is 23.9 Å². The second kappa shape index (κ2) is 15.0. The van der Waals surface area contributed by atoms with Gasteiger partial charge in [0.1, 0.15) is 13.2 Å². The maximum absolute atomic E-state index is 13.9. The van der Waals surface area contributed by atoms with Crippen LogP contribution < -0.4 is 5.32 Å². The Labute approximate surface area is 274 Å². The van der Waals surface area contributed by atoms with E-state index in [1.807, 2.05) is 11.8 Å². The second-order valence-electron chi connectivity index (χ2n) is 12.6. The molecular weight excluding hydrogens is 612 g/mol. The zero-order valence-electron chi connectivity index (χ0n) is 27.7. The number of allylic oxidation sites excluding steroid dienone is 1. The predicted molar refractivity (Wildman–Crippen MR) is 174 cm³/mol. The highest BCUT2D eigenvalue weighted by molar-refractivity contribution is 8.03. The molecule has 2 atom stereocenters. The van der Waals surface area contributed by atoms with Gasteiger partial charge in [-0.3, -0.25) is 14.4 Å². The Morgan fingerprint density at radius 2 is 1.52 bits per heavy atom. The first-order chi connectivity index (χ1) is 21.6. The number of carbonyl (C=O) groups is 5. The molecule has 250 valence electrons. The molecule has 1 fully saturated rings. The number of esters is 4. The fourth-order valence-corrected chi connectivity index (χ4v) is 6.80. The van der Waals surface area contributed by atoms with Gasteiger partial charge in [-0.25, -0.2) is 9.59 Å². The number of hydrogen-bond donors (Lipinski definition) is 1. The van der Waals surface area contributed by atoms with Crippen molar-refractivity contribution in [1.29, 1.82) is 0 Å². The van der Waals surface area contributed by atoms with Crippen molar-refractivity contribution in [2.75, 3.05) is 45.0 Å². The number of benzene rings is 1. The van der Waals surface area contributed by atoms with Crippen molar-refractivity contribution in [3.63, 3.8) is 0 Å². The standard InChI is InChI=1S/C34H44N2O9S/c1-9-33(5,31(41)43-8)21-34(6,29(39)35-25-12-10-23(11-13-25)27(37)42-7)20-32(3,4)30(40)45-16-15-44-28(38)24-18-22(2)36-14-17-46-26(36)19-24/h10-13,18-19H,2,9,14-17,20-21H2,1,3-8H3,(H,35,39). The number of rotatable bonds is 14. The lowest BCUT2D eigenvalue weighted by Crippen LogP contribution is -2.45. The Hall–Kier alpha value is -4.06. The molecule has 1 N–H and O–H groups in total. The van der Waals surface area contributed by atoms with Gasteiger partial charge in [-0.05, 0) is 76.5 Å². The van der Waals surface area contributed by atoms with Gasteiger partial charge in [-0.2, -0.15) is 0 Å². The summed E-state index contributed by atoms with van der Waals surface area (Å²) in [7, 11) is 2.58. The van der Waals surface area contributed by atoms with Crippen LogP contribution in [0.15, 0.2) is 59.3 Å². The summed E-state index contributed by atoms with van der Waals surface area (Å²) >= 11 is 1.64. The van der Waals surface area contributed by atoms with E-state index in [9.17, 15) is 24.0 Å². The lowest BCUT2D eigenvalue weighted by molar-refractivity contribution is -0.161. The Bertz CT molecular complexity index is 1430. The van der Waals surface area contributed by atoms with Crippen LogP contribution >= 0.6 is 11.8 Å². The minimum atomic E-state index is -1.25. The maximum atomic E-state index is 13.9. The lowest BCUT2D eigenvalue weighted by atomic mass is 9.64. The van der Waals surface area contributed by atoms with Crippen LogP contribution in [0.3, 0.4) is 0 Å². The molecule has 3 rings (SSSR count). The summed E-state index contributed by atoms with van der Waals surface area (Å²) in [5, 5.41) is 3.82. The molecule has 2 aliphatic rings. The van der Waals surface area contributed by atoms with Gasteiger partial charge in [0.25, 0.3) is 0 Å². The van der Waals surface area contributed by atoms with Gasteiger partial charge in [-0.1, -0.05) is 20.4 Å². The van der Waals surface area contributed by atoms with Crippen molar-refractivity contribution < 1.29 is 42.9 Å². The molecule has 0 aliphatic carbocycles. The average molecular weight is 657 g/mol. The summed E-state index contributed by atoms with van der Waals surface area (Å²) in [6, 6.07) is 6.20. The maximum Gasteiger partial charge on any atom is 0.338 e. The summed E-state index contributed by atoms with van der Waals surface area (Å²) in [4.78, 5) is 66.6. The van der Waals surface area contributed by atoms with Gasteiger partial charge < -0.3 is 29.2 Å². The van der Waals surface area contributed by atoms with Crippen LogP contribution in [0.2, 0.25) is 0 Å². The Balaban J connectivity index is 1.69. The highest BCUT2D eigenvalue weighted by Gasteiger charge is 2.49. The molecule has 1 aromatic rings. The average Bonchev–Trinajstić information content (AvgIpc) is 3.51. The van der Waals surface area contributed by atoms with Crippen molar-refractivity contribution in [3.05, 3.63) is 64.9 Å². The van der Waals surface area contributed by atoms with Gasteiger partial charge in [0.05, 0.1) is 41.2 Å². The SMILES string of the molecule is C=C1C=C(C(=O)OCCOC(=O)C(C)(C)CC(C)(CC(C)(CC)C(=O)OC)C(=O)Nc2ccc(C(=O)OC)cc2)C=C2SCCN12. The molecule has 1 saturated heterocycles. The number of carbonyl (C=O) groups excluding carboxylic acids is 5. The summed E-state index contributed by atoms with van der Waals surface area (Å²) in [5.74, 6) is -1.62. The van der Waals surface area contributed by atoms with E-state index in [1.54, 1.807) is 63.7 Å². The highest BCUT2D eigenvalue weighted by atomic mass is 32.2. The minimum Gasteiger partial charge on any atom is -0.469 e. The van der Waals surface area contributed by atoms with Crippen molar-refractivity contribution in [2.24, 2.45) is 16.2 Å². The molecular formula is C34H44N2O9S. The zero-order valence-corrected chi connectivity index (χ0v) is 28.5. The number of thioether (sulfide) groups is 1. The largest absolute Gasteiger partial charge is 0.469 e. The van der Waals surface area contributed by atoms with Crippen molar-refractivity contribution in [2.45, 2.75) is 53.9 Å². The molecule has 0 radical (unpaired) electrons. The minimum absolute atomic E-state index is 0.0218. The number of anilines is 1. The lowest BCUT2D eigenvalue weighted by Gasteiger charge is -2.40. The third-order valence-electron chi connectivity index (χ3n) is 8.30. The molecule has 0 aromatic heterocycles. The van der Waals surface area contributed by atoms with Crippen LogP contribution in [0.1, 0.15) is 64.2 Å². The van der Waals surface area contributed by atoms with Crippen molar-refractivity contribution in [1.82, 2.24) is 4.90 Å². The number of ether oxygens (including phenoxy) is 4. The fraction of sp³-hybridized carbons (Fsp3) is 0.500. The van der Waals surface area contributed by atoms with E-state index < -0.39 is 46.0 Å². The summed E-state index contributed by atoms with van der Waals surface area (Å²) in [6.45, 7) is 13.1. The predicted octanol–water partition coefficient (Wildman–Crippen LogP) is 5.24. The molecule has 1 amide bonds.